The number of carbonyl (C=O) groups excluding carboxylic acids is 2. The molecule has 0 aliphatic carbocycles. The van der Waals surface area contributed by atoms with Crippen LogP contribution in [-0.4, -0.2) is 57.2 Å². The van der Waals surface area contributed by atoms with Crippen molar-refractivity contribution >= 4 is 11.8 Å². The first-order chi connectivity index (χ1) is 11.5. The summed E-state index contributed by atoms with van der Waals surface area (Å²) >= 11 is 0. The van der Waals surface area contributed by atoms with Crippen LogP contribution < -0.4 is 0 Å². The third-order valence-corrected chi connectivity index (χ3v) is 4.08. The van der Waals surface area contributed by atoms with E-state index in [0.717, 1.165) is 4.90 Å². The molecule has 1 N–H and O–H groups in total. The minimum absolute atomic E-state index is 0.164. The summed E-state index contributed by atoms with van der Waals surface area (Å²) in [5.74, 6) is -0.965. The Balaban J connectivity index is 1.67. The molecule has 0 aromatic heterocycles. The van der Waals surface area contributed by atoms with Crippen LogP contribution in [0.25, 0.3) is 0 Å². The van der Waals surface area contributed by atoms with E-state index in [4.69, 9.17) is 4.84 Å². The minimum atomic E-state index is -1.02. The van der Waals surface area contributed by atoms with Crippen LogP contribution in [0.3, 0.4) is 0 Å². The summed E-state index contributed by atoms with van der Waals surface area (Å²) in [6, 6.07) is 6.47. The number of benzene rings is 1. The van der Waals surface area contributed by atoms with E-state index in [0.29, 0.717) is 30.5 Å². The second-order valence-corrected chi connectivity index (χ2v) is 5.77. The highest BCUT2D eigenvalue weighted by atomic mass is 16.7. The average molecular weight is 334 g/mol. The third kappa shape index (κ3) is 2.90. The lowest BCUT2D eigenvalue weighted by atomic mass is 10.1. The first kappa shape index (κ1) is 16.2. The number of imide groups is 1. The maximum atomic E-state index is 12.3. The monoisotopic (exact) mass is 334 g/mol. The summed E-state index contributed by atoms with van der Waals surface area (Å²) in [7, 11) is 0. The van der Waals surface area contributed by atoms with Crippen molar-refractivity contribution in [3.63, 3.8) is 0 Å². The van der Waals surface area contributed by atoms with Crippen LogP contribution in [0, 0.1) is 5.21 Å². The Morgan fingerprint density at radius 2 is 1.96 bits per heavy atom. The van der Waals surface area contributed by atoms with Gasteiger partial charge in [-0.1, -0.05) is 12.1 Å². The number of piperidine rings is 1. The van der Waals surface area contributed by atoms with Gasteiger partial charge in [-0.25, -0.2) is 4.90 Å². The number of aliphatic hydroxyl groups is 1. The molecule has 128 valence electrons. The molecular weight excluding hydrogens is 316 g/mol. The summed E-state index contributed by atoms with van der Waals surface area (Å²) < 4.78 is 0. The summed E-state index contributed by atoms with van der Waals surface area (Å²) in [6.07, 6.45) is -0.303. The van der Waals surface area contributed by atoms with Gasteiger partial charge in [0.05, 0.1) is 28.7 Å². The molecule has 2 amide bonds. The van der Waals surface area contributed by atoms with Gasteiger partial charge in [0.15, 0.2) is 0 Å². The van der Waals surface area contributed by atoms with Gasteiger partial charge in [-0.3, -0.25) is 9.59 Å². The van der Waals surface area contributed by atoms with Gasteiger partial charge in [-0.05, 0) is 31.9 Å². The van der Waals surface area contributed by atoms with Crippen LogP contribution in [0.15, 0.2) is 29.5 Å². The Hall–Kier alpha value is -2.68. The minimum Gasteiger partial charge on any atom is -0.569 e. The number of carbonyl (C=O) groups is 2. The molecule has 3 rings (SSSR count). The number of hydrazine groups is 1. The predicted molar refractivity (Wildman–Crippen MR) is 80.4 cm³/mol. The Morgan fingerprint density at radius 3 is 2.54 bits per heavy atom. The third-order valence-electron chi connectivity index (χ3n) is 4.08. The maximum Gasteiger partial charge on any atom is 0.264 e. The molecule has 1 aromatic rings. The molecule has 0 saturated carbocycles. The molecule has 2 unspecified atom stereocenters. The number of hydrogen-bond acceptors (Lipinski definition) is 6. The summed E-state index contributed by atoms with van der Waals surface area (Å²) in [6.45, 7) is 2.08. The molecular formula is C15H18N4O5. The highest BCUT2D eigenvalue weighted by Crippen LogP contribution is 2.24. The number of nitrogens with zero attached hydrogens (tertiary/aromatic N) is 4. The zero-order valence-electron chi connectivity index (χ0n) is 13.2. The van der Waals surface area contributed by atoms with Crippen LogP contribution in [-0.2, 0) is 4.84 Å². The maximum absolute atomic E-state index is 12.3. The summed E-state index contributed by atoms with van der Waals surface area (Å²) in [4.78, 5) is 30.8. The van der Waals surface area contributed by atoms with Crippen LogP contribution in [0.5, 0.6) is 0 Å². The molecule has 0 bridgehead atoms. The largest absolute Gasteiger partial charge is 0.569 e. The standard InChI is InChI=1S/C15H18N4O5/c1-10(24-16-19(23)17-8-4-5-11(20)9-17)18-14(21)12-6-2-3-7-13(12)15(18)22/h2-3,6-7,10-11,20H,4-5,8-9H2,1H3/b19-16+. The summed E-state index contributed by atoms with van der Waals surface area (Å²) in [5, 5.41) is 26.2. The zero-order valence-corrected chi connectivity index (χ0v) is 13.2. The van der Waals surface area contributed by atoms with E-state index in [1.807, 2.05) is 0 Å². The lowest BCUT2D eigenvalue weighted by Crippen LogP contribution is -2.43. The van der Waals surface area contributed by atoms with Crippen LogP contribution in [0.2, 0.25) is 0 Å². The van der Waals surface area contributed by atoms with Crippen molar-refractivity contribution in [2.45, 2.75) is 32.1 Å². The van der Waals surface area contributed by atoms with E-state index in [1.165, 1.54) is 11.9 Å². The van der Waals surface area contributed by atoms with Crippen molar-refractivity contribution in [2.24, 2.45) is 5.28 Å². The molecule has 9 nitrogen and oxygen atoms in total. The van der Waals surface area contributed by atoms with Gasteiger partial charge in [0.1, 0.15) is 6.54 Å². The second-order valence-electron chi connectivity index (χ2n) is 5.77. The fourth-order valence-electron chi connectivity index (χ4n) is 2.84. The molecule has 1 saturated heterocycles. The molecule has 2 heterocycles. The molecule has 2 aliphatic rings. The number of fused-ring (bicyclic) bond motifs is 1. The van der Waals surface area contributed by atoms with Crippen LogP contribution >= 0.6 is 0 Å². The highest BCUT2D eigenvalue weighted by molar-refractivity contribution is 6.21. The average Bonchev–Trinajstić information content (AvgIpc) is 2.84. The highest BCUT2D eigenvalue weighted by Gasteiger charge is 2.39. The van der Waals surface area contributed by atoms with E-state index in [2.05, 4.69) is 5.28 Å². The van der Waals surface area contributed by atoms with Crippen molar-refractivity contribution in [3.05, 3.63) is 40.6 Å². The number of β-amino-alcohol motifs (C(OH)–C–C–N with tert-alkyl or cyclic N) is 1. The molecule has 1 fully saturated rings. The second kappa shape index (κ2) is 6.44. The molecule has 9 heteroatoms. The van der Waals surface area contributed by atoms with Gasteiger partial charge >= 0.3 is 0 Å². The summed E-state index contributed by atoms with van der Waals surface area (Å²) in [5.41, 5.74) is 0.604. The zero-order chi connectivity index (χ0) is 17.3. The topological polar surface area (TPSA) is 109 Å². The van der Waals surface area contributed by atoms with Crippen molar-refractivity contribution in [1.29, 1.82) is 0 Å². The Kier molecular flexibility index (Phi) is 4.34. The van der Waals surface area contributed by atoms with Gasteiger partial charge in [0, 0.05) is 0 Å². The molecule has 0 spiro atoms. The lowest BCUT2D eigenvalue weighted by Gasteiger charge is -2.26. The Bertz CT molecular complexity index is 657. The number of rotatable bonds is 4. The van der Waals surface area contributed by atoms with Crippen molar-refractivity contribution < 1.29 is 24.5 Å². The quantitative estimate of drug-likeness (QED) is 0.379. The van der Waals surface area contributed by atoms with E-state index < -0.39 is 24.1 Å². The SMILES string of the molecule is CC(O/N=[N+](/[O-])N1CCCC(O)C1)N1C(=O)c2ccccc2C1=O. The molecule has 2 atom stereocenters. The molecule has 24 heavy (non-hydrogen) atoms. The molecule has 0 radical (unpaired) electrons. The normalized spacial score (nSPS) is 22.6. The number of hydrogen-bond donors (Lipinski definition) is 1. The van der Waals surface area contributed by atoms with Gasteiger partial charge in [-0.15, -0.1) is 5.01 Å². The van der Waals surface area contributed by atoms with Gasteiger partial charge < -0.3 is 15.2 Å². The lowest BCUT2D eigenvalue weighted by molar-refractivity contribution is -0.715. The van der Waals surface area contributed by atoms with E-state index in [9.17, 15) is 19.9 Å². The van der Waals surface area contributed by atoms with E-state index >= 15 is 0 Å². The Labute approximate surface area is 138 Å². The number of amides is 2. The number of aliphatic hydroxyl groups excluding tert-OH is 1. The fourth-order valence-corrected chi connectivity index (χ4v) is 2.84. The van der Waals surface area contributed by atoms with Crippen LogP contribution in [0.1, 0.15) is 40.5 Å². The van der Waals surface area contributed by atoms with Crippen molar-refractivity contribution in [1.82, 2.24) is 9.91 Å². The van der Waals surface area contributed by atoms with Crippen molar-refractivity contribution in [2.75, 3.05) is 13.1 Å². The van der Waals surface area contributed by atoms with Gasteiger partial charge in [0.2, 0.25) is 11.5 Å². The van der Waals surface area contributed by atoms with Gasteiger partial charge in [0.25, 0.3) is 11.8 Å². The van der Waals surface area contributed by atoms with Gasteiger partial charge in [-0.2, -0.15) is 0 Å². The van der Waals surface area contributed by atoms with Crippen LogP contribution in [0.4, 0.5) is 0 Å². The molecule has 2 aliphatic heterocycles. The first-order valence-electron chi connectivity index (χ1n) is 7.73. The van der Waals surface area contributed by atoms with Crippen molar-refractivity contribution in [3.8, 4) is 0 Å². The van der Waals surface area contributed by atoms with E-state index in [-0.39, 0.29) is 11.5 Å². The first-order valence-corrected chi connectivity index (χ1v) is 7.73. The smallest absolute Gasteiger partial charge is 0.264 e. The predicted octanol–water partition coefficient (Wildman–Crippen LogP) is 0.894. The fraction of sp³-hybridized carbons (Fsp3) is 0.467. The molecule has 1 aromatic carbocycles. The Morgan fingerprint density at radius 1 is 1.33 bits per heavy atom. The van der Waals surface area contributed by atoms with E-state index in [1.54, 1.807) is 24.3 Å².